The summed E-state index contributed by atoms with van der Waals surface area (Å²) >= 11 is 0. The van der Waals surface area contributed by atoms with Crippen LogP contribution in [0.15, 0.2) is 42.6 Å². The Morgan fingerprint density at radius 3 is 2.62 bits per heavy atom. The van der Waals surface area contributed by atoms with Crippen LogP contribution >= 0.6 is 0 Å². The number of carbonyl (C=O) groups excluding carboxylic acids is 2. The Balaban J connectivity index is 1.31. The van der Waals surface area contributed by atoms with Crippen LogP contribution in [0, 0.1) is 13.8 Å². The zero-order chi connectivity index (χ0) is 20.4. The lowest BCUT2D eigenvalue weighted by Crippen LogP contribution is -2.44. The van der Waals surface area contributed by atoms with Gasteiger partial charge in [-0.3, -0.25) is 14.0 Å². The molecule has 150 valence electrons. The first-order chi connectivity index (χ1) is 14.0. The van der Waals surface area contributed by atoms with Crippen LogP contribution in [-0.2, 0) is 4.79 Å². The SMILES string of the molecule is Cc1ccc(C(=O)NCC(=O)N2CCC(c3nnc4ccccn34)CC2)cc1C. The van der Waals surface area contributed by atoms with E-state index in [-0.39, 0.29) is 24.3 Å². The summed E-state index contributed by atoms with van der Waals surface area (Å²) in [5.41, 5.74) is 3.63. The van der Waals surface area contributed by atoms with E-state index in [0.29, 0.717) is 18.7 Å². The first kappa shape index (κ1) is 19.1. The maximum atomic E-state index is 12.5. The monoisotopic (exact) mass is 391 g/mol. The molecule has 7 nitrogen and oxygen atoms in total. The van der Waals surface area contributed by atoms with Crippen LogP contribution in [0.4, 0.5) is 0 Å². The van der Waals surface area contributed by atoms with Gasteiger partial charge >= 0.3 is 0 Å². The van der Waals surface area contributed by atoms with E-state index in [4.69, 9.17) is 0 Å². The standard InChI is InChI=1S/C22H25N5O2/c1-15-6-7-18(13-16(15)2)22(29)23-14-20(28)26-11-8-17(9-12-26)21-25-24-19-5-3-4-10-27(19)21/h3-7,10,13,17H,8-9,11-12,14H2,1-2H3,(H,23,29). The Kier molecular flexibility index (Phi) is 5.29. The molecular weight excluding hydrogens is 366 g/mol. The lowest BCUT2D eigenvalue weighted by atomic mass is 9.96. The molecule has 1 fully saturated rings. The number of benzene rings is 1. The summed E-state index contributed by atoms with van der Waals surface area (Å²) in [5.74, 6) is 0.968. The molecule has 1 aliphatic heterocycles. The number of rotatable bonds is 4. The highest BCUT2D eigenvalue weighted by Crippen LogP contribution is 2.27. The summed E-state index contributed by atoms with van der Waals surface area (Å²) in [6, 6.07) is 11.4. The van der Waals surface area contributed by atoms with Crippen molar-refractivity contribution in [2.75, 3.05) is 19.6 Å². The molecule has 0 atom stereocenters. The van der Waals surface area contributed by atoms with Crippen molar-refractivity contribution in [3.8, 4) is 0 Å². The van der Waals surface area contributed by atoms with E-state index < -0.39 is 0 Å². The van der Waals surface area contributed by atoms with E-state index in [1.165, 1.54) is 0 Å². The minimum Gasteiger partial charge on any atom is -0.343 e. The summed E-state index contributed by atoms with van der Waals surface area (Å²) in [4.78, 5) is 26.7. The second-order valence-corrected chi connectivity index (χ2v) is 7.62. The molecule has 2 amide bonds. The van der Waals surface area contributed by atoms with Gasteiger partial charge in [0, 0.05) is 30.8 Å². The second-order valence-electron chi connectivity index (χ2n) is 7.62. The third-order valence-corrected chi connectivity index (χ3v) is 5.72. The smallest absolute Gasteiger partial charge is 0.251 e. The van der Waals surface area contributed by atoms with Crippen molar-refractivity contribution < 1.29 is 9.59 Å². The molecule has 1 N–H and O–H groups in total. The number of aryl methyl sites for hydroxylation is 2. The Bertz CT molecular complexity index is 1050. The molecule has 0 bridgehead atoms. The molecule has 1 aromatic carbocycles. The lowest BCUT2D eigenvalue weighted by Gasteiger charge is -2.31. The fourth-order valence-electron chi connectivity index (χ4n) is 3.78. The molecule has 0 unspecified atom stereocenters. The number of nitrogens with zero attached hydrogens (tertiary/aromatic N) is 4. The first-order valence-corrected chi connectivity index (χ1v) is 9.96. The summed E-state index contributed by atoms with van der Waals surface area (Å²) < 4.78 is 2.02. The third-order valence-electron chi connectivity index (χ3n) is 5.72. The maximum Gasteiger partial charge on any atom is 0.251 e. The molecule has 3 heterocycles. The Hall–Kier alpha value is -3.22. The van der Waals surface area contributed by atoms with Gasteiger partial charge in [0.2, 0.25) is 5.91 Å². The Labute approximate surface area is 169 Å². The van der Waals surface area contributed by atoms with E-state index in [9.17, 15) is 9.59 Å². The molecule has 3 aromatic rings. The van der Waals surface area contributed by atoms with E-state index in [1.807, 2.05) is 59.7 Å². The number of carbonyl (C=O) groups is 2. The molecule has 0 radical (unpaired) electrons. The summed E-state index contributed by atoms with van der Waals surface area (Å²) in [6.45, 7) is 5.31. The first-order valence-electron chi connectivity index (χ1n) is 9.96. The van der Waals surface area contributed by atoms with Crippen LogP contribution in [0.5, 0.6) is 0 Å². The van der Waals surface area contributed by atoms with Crippen molar-refractivity contribution >= 4 is 17.5 Å². The summed E-state index contributed by atoms with van der Waals surface area (Å²) in [6.07, 6.45) is 3.66. The maximum absolute atomic E-state index is 12.5. The molecule has 0 saturated carbocycles. The average Bonchev–Trinajstić information content (AvgIpc) is 3.18. The van der Waals surface area contributed by atoms with Crippen molar-refractivity contribution in [2.24, 2.45) is 0 Å². The van der Waals surface area contributed by atoms with Gasteiger partial charge in [-0.1, -0.05) is 12.1 Å². The van der Waals surface area contributed by atoms with Crippen molar-refractivity contribution in [2.45, 2.75) is 32.6 Å². The predicted octanol–water partition coefficient (Wildman–Crippen LogP) is 2.48. The largest absolute Gasteiger partial charge is 0.343 e. The van der Waals surface area contributed by atoms with Gasteiger partial charge in [0.05, 0.1) is 6.54 Å². The summed E-state index contributed by atoms with van der Waals surface area (Å²) in [7, 11) is 0. The molecule has 1 aliphatic rings. The van der Waals surface area contributed by atoms with Crippen molar-refractivity contribution in [1.82, 2.24) is 24.8 Å². The molecular formula is C22H25N5O2. The highest BCUT2D eigenvalue weighted by atomic mass is 16.2. The number of hydrogen-bond donors (Lipinski definition) is 1. The van der Waals surface area contributed by atoms with Crippen LogP contribution in [-0.4, -0.2) is 50.9 Å². The minimum atomic E-state index is -0.216. The van der Waals surface area contributed by atoms with Gasteiger partial charge in [-0.25, -0.2) is 0 Å². The number of pyridine rings is 1. The van der Waals surface area contributed by atoms with E-state index in [0.717, 1.165) is 35.4 Å². The van der Waals surface area contributed by atoms with Crippen LogP contribution < -0.4 is 5.32 Å². The number of nitrogens with one attached hydrogen (secondary N) is 1. The highest BCUT2D eigenvalue weighted by molar-refractivity contribution is 5.96. The zero-order valence-electron chi connectivity index (χ0n) is 16.8. The predicted molar refractivity (Wildman–Crippen MR) is 110 cm³/mol. The molecule has 0 spiro atoms. The number of piperidine rings is 1. The van der Waals surface area contributed by atoms with Crippen molar-refractivity contribution in [1.29, 1.82) is 0 Å². The van der Waals surface area contributed by atoms with Gasteiger partial charge in [0.1, 0.15) is 5.82 Å². The molecule has 7 heteroatoms. The number of fused-ring (bicyclic) bond motifs is 1. The fourth-order valence-corrected chi connectivity index (χ4v) is 3.78. The van der Waals surface area contributed by atoms with Crippen molar-refractivity contribution in [3.05, 3.63) is 65.1 Å². The van der Waals surface area contributed by atoms with Gasteiger partial charge < -0.3 is 10.2 Å². The van der Waals surface area contributed by atoms with E-state index in [2.05, 4.69) is 15.5 Å². The Morgan fingerprint density at radius 1 is 1.07 bits per heavy atom. The number of aromatic nitrogens is 3. The van der Waals surface area contributed by atoms with E-state index in [1.54, 1.807) is 6.07 Å². The average molecular weight is 391 g/mol. The van der Waals surface area contributed by atoms with Gasteiger partial charge in [0.25, 0.3) is 5.91 Å². The normalized spacial score (nSPS) is 14.9. The van der Waals surface area contributed by atoms with Crippen LogP contribution in [0.2, 0.25) is 0 Å². The van der Waals surface area contributed by atoms with Crippen LogP contribution in [0.1, 0.15) is 46.1 Å². The van der Waals surface area contributed by atoms with Gasteiger partial charge in [-0.15, -0.1) is 10.2 Å². The third kappa shape index (κ3) is 3.99. The topological polar surface area (TPSA) is 79.6 Å². The van der Waals surface area contributed by atoms with E-state index >= 15 is 0 Å². The van der Waals surface area contributed by atoms with Crippen LogP contribution in [0.3, 0.4) is 0 Å². The van der Waals surface area contributed by atoms with Crippen molar-refractivity contribution in [3.63, 3.8) is 0 Å². The van der Waals surface area contributed by atoms with Gasteiger partial charge in [-0.2, -0.15) is 0 Å². The molecule has 1 saturated heterocycles. The van der Waals surface area contributed by atoms with Gasteiger partial charge in [-0.05, 0) is 62.1 Å². The number of amides is 2. The second kappa shape index (κ2) is 8.03. The van der Waals surface area contributed by atoms with Gasteiger partial charge in [0.15, 0.2) is 5.65 Å². The highest BCUT2D eigenvalue weighted by Gasteiger charge is 2.27. The minimum absolute atomic E-state index is 0.0181. The number of likely N-dealkylation sites (tertiary alicyclic amines) is 1. The number of hydrogen-bond acceptors (Lipinski definition) is 4. The molecule has 2 aromatic heterocycles. The summed E-state index contributed by atoms with van der Waals surface area (Å²) in [5, 5.41) is 11.3. The molecule has 4 rings (SSSR count). The quantitative estimate of drug-likeness (QED) is 0.741. The molecule has 29 heavy (non-hydrogen) atoms. The zero-order valence-corrected chi connectivity index (χ0v) is 16.8. The Morgan fingerprint density at radius 2 is 1.86 bits per heavy atom. The van der Waals surface area contributed by atoms with Crippen LogP contribution in [0.25, 0.3) is 5.65 Å². The molecule has 0 aliphatic carbocycles. The fraction of sp³-hybridized carbons (Fsp3) is 0.364. The lowest BCUT2D eigenvalue weighted by molar-refractivity contribution is -0.131.